The molecule has 3 unspecified atom stereocenters. The highest BCUT2D eigenvalue weighted by molar-refractivity contribution is 5.88. The van der Waals surface area contributed by atoms with Crippen LogP contribution in [0.1, 0.15) is 85.5 Å². The summed E-state index contributed by atoms with van der Waals surface area (Å²) in [6.45, 7) is 8.69. The van der Waals surface area contributed by atoms with Crippen molar-refractivity contribution >= 4 is 17.8 Å². The van der Waals surface area contributed by atoms with Crippen molar-refractivity contribution in [3.63, 3.8) is 0 Å². The number of carboxylic acid groups (broad SMARTS) is 1. The zero-order chi connectivity index (χ0) is 23.4. The van der Waals surface area contributed by atoms with E-state index < -0.39 is 24.1 Å². The normalized spacial score (nSPS) is 24.4. The number of unbranched alkanes of at least 4 members (excludes halogenated alkanes) is 1. The Morgan fingerprint density at radius 3 is 2.35 bits per heavy atom. The minimum absolute atomic E-state index is 0.00817. The van der Waals surface area contributed by atoms with Gasteiger partial charge in [0.15, 0.2) is 0 Å². The fourth-order valence-electron chi connectivity index (χ4n) is 4.60. The summed E-state index contributed by atoms with van der Waals surface area (Å²) in [6, 6.07) is -1.92. The summed E-state index contributed by atoms with van der Waals surface area (Å²) in [5.41, 5.74) is 5.14. The molecule has 1 saturated heterocycles. The van der Waals surface area contributed by atoms with Crippen LogP contribution in [0.4, 0.5) is 0 Å². The van der Waals surface area contributed by atoms with E-state index in [2.05, 4.69) is 12.2 Å². The third kappa shape index (κ3) is 8.07. The van der Waals surface area contributed by atoms with Crippen molar-refractivity contribution in [2.75, 3.05) is 13.2 Å². The quantitative estimate of drug-likeness (QED) is 0.446. The fraction of sp³-hybridized carbons (Fsp3) is 0.870. The van der Waals surface area contributed by atoms with Crippen molar-refractivity contribution in [2.24, 2.45) is 11.7 Å². The third-order valence-electron chi connectivity index (χ3n) is 6.16. The summed E-state index contributed by atoms with van der Waals surface area (Å²) in [7, 11) is 0. The van der Waals surface area contributed by atoms with Crippen molar-refractivity contribution in [2.45, 2.75) is 110 Å². The van der Waals surface area contributed by atoms with E-state index in [0.29, 0.717) is 19.4 Å². The number of hydrogen-bond acceptors (Lipinski definition) is 6. The van der Waals surface area contributed by atoms with Crippen LogP contribution in [-0.4, -0.2) is 65.2 Å². The number of carboxylic acids is 1. The topological polar surface area (TPSA) is 122 Å². The largest absolute Gasteiger partial charge is 0.480 e. The Balaban J connectivity index is 0.000000861. The molecule has 8 nitrogen and oxygen atoms in total. The number of likely N-dealkylation sites (tertiary alicyclic amines) is 1. The van der Waals surface area contributed by atoms with Crippen molar-refractivity contribution in [3.8, 4) is 0 Å². The van der Waals surface area contributed by atoms with Gasteiger partial charge in [-0.3, -0.25) is 14.9 Å². The first kappa shape index (κ1) is 27.4. The number of hydrogen-bond donors (Lipinski definition) is 3. The molecule has 5 atom stereocenters. The molecule has 4 N–H and O–H groups in total. The molecule has 0 spiro atoms. The first-order chi connectivity index (χ1) is 14.8. The predicted molar refractivity (Wildman–Crippen MR) is 121 cm³/mol. The number of carbonyl (C=O) groups is 3. The Labute approximate surface area is 187 Å². The summed E-state index contributed by atoms with van der Waals surface area (Å²) in [5.74, 6) is -1.24. The van der Waals surface area contributed by atoms with Crippen LogP contribution in [0.2, 0.25) is 0 Å². The highest BCUT2D eigenvalue weighted by Crippen LogP contribution is 2.40. The van der Waals surface area contributed by atoms with Crippen LogP contribution >= 0.6 is 0 Å². The van der Waals surface area contributed by atoms with E-state index in [0.717, 1.165) is 38.6 Å². The molecule has 1 heterocycles. The molecule has 0 aromatic rings. The smallest absolute Gasteiger partial charge is 0.326 e. The van der Waals surface area contributed by atoms with Gasteiger partial charge in [0.25, 0.3) is 0 Å². The number of nitrogens with zero attached hydrogens (tertiary/aromatic N) is 1. The summed E-state index contributed by atoms with van der Waals surface area (Å²) in [4.78, 5) is 38.5. The molecule has 2 rings (SSSR count). The second-order valence-electron chi connectivity index (χ2n) is 8.57. The average Bonchev–Trinajstić information content (AvgIpc) is 3.14. The number of nitrogens with two attached hydrogens (primary N) is 1. The van der Waals surface area contributed by atoms with Crippen molar-refractivity contribution in [1.82, 2.24) is 10.2 Å². The second kappa shape index (κ2) is 14.4. The van der Waals surface area contributed by atoms with E-state index in [4.69, 9.17) is 10.5 Å². The molecule has 2 fully saturated rings. The van der Waals surface area contributed by atoms with Crippen LogP contribution in [0, 0.1) is 5.92 Å². The molecule has 2 aliphatic rings. The zero-order valence-corrected chi connectivity index (χ0v) is 19.8. The first-order valence-corrected chi connectivity index (χ1v) is 12.0. The van der Waals surface area contributed by atoms with Crippen LogP contribution in [0.3, 0.4) is 0 Å². The Bertz CT molecular complexity index is 569. The number of carbonyl (C=O) groups excluding carboxylic acids is 2. The number of esters is 1. The van der Waals surface area contributed by atoms with Gasteiger partial charge in [0.05, 0.1) is 12.6 Å². The minimum atomic E-state index is -0.935. The highest BCUT2D eigenvalue weighted by Gasteiger charge is 2.48. The van der Waals surface area contributed by atoms with Gasteiger partial charge in [-0.2, -0.15) is 0 Å². The summed E-state index contributed by atoms with van der Waals surface area (Å²) < 4.78 is 5.09. The highest BCUT2D eigenvalue weighted by atomic mass is 16.5. The van der Waals surface area contributed by atoms with Crippen LogP contribution in [0.25, 0.3) is 0 Å². The van der Waals surface area contributed by atoms with E-state index in [1.54, 1.807) is 18.7 Å². The summed E-state index contributed by atoms with van der Waals surface area (Å²) in [5, 5.41) is 12.7. The molecule has 0 aromatic heterocycles. The molecule has 31 heavy (non-hydrogen) atoms. The van der Waals surface area contributed by atoms with E-state index >= 15 is 0 Å². The lowest BCUT2D eigenvalue weighted by Gasteiger charge is -2.35. The number of ether oxygens (including phenoxy) is 1. The van der Waals surface area contributed by atoms with Gasteiger partial charge in [-0.05, 0) is 58.4 Å². The maximum Gasteiger partial charge on any atom is 0.326 e. The lowest BCUT2D eigenvalue weighted by Crippen LogP contribution is -2.55. The predicted octanol–water partition coefficient (Wildman–Crippen LogP) is 2.69. The lowest BCUT2D eigenvalue weighted by molar-refractivity contribution is -0.152. The molecule has 1 aliphatic heterocycles. The molecule has 1 amide bonds. The Morgan fingerprint density at radius 2 is 1.84 bits per heavy atom. The number of aliphatic carboxylic acids is 1. The first-order valence-electron chi connectivity index (χ1n) is 12.0. The molecule has 1 saturated carbocycles. The van der Waals surface area contributed by atoms with Crippen molar-refractivity contribution in [1.29, 1.82) is 0 Å². The van der Waals surface area contributed by atoms with Crippen LogP contribution in [0.5, 0.6) is 0 Å². The van der Waals surface area contributed by atoms with Crippen molar-refractivity contribution in [3.05, 3.63) is 0 Å². The third-order valence-corrected chi connectivity index (χ3v) is 6.16. The van der Waals surface area contributed by atoms with Gasteiger partial charge in [-0.15, -0.1) is 0 Å². The Kier molecular flexibility index (Phi) is 12.7. The number of amides is 1. The number of nitrogens with one attached hydrogen (secondary N) is 1. The molecule has 8 heteroatoms. The van der Waals surface area contributed by atoms with Gasteiger partial charge in [0.1, 0.15) is 12.1 Å². The Hall–Kier alpha value is -1.67. The summed E-state index contributed by atoms with van der Waals surface area (Å²) in [6.07, 6.45) is 8.26. The molecule has 0 bridgehead atoms. The molecule has 0 radical (unpaired) electrons. The SMILES string of the molecule is CCCCN.CCC[C@H](N[C@@H](C)C(=O)N1C(C(=O)O)CC2CCCCC21)C(=O)OCC. The van der Waals surface area contributed by atoms with Gasteiger partial charge in [0.2, 0.25) is 5.91 Å². The van der Waals surface area contributed by atoms with Gasteiger partial charge in [0, 0.05) is 6.04 Å². The molecular formula is C23H43N3O5. The Morgan fingerprint density at radius 1 is 1.16 bits per heavy atom. The maximum absolute atomic E-state index is 13.1. The molecule has 0 aromatic carbocycles. The molecular weight excluding hydrogens is 398 g/mol. The van der Waals surface area contributed by atoms with Gasteiger partial charge < -0.3 is 20.5 Å². The van der Waals surface area contributed by atoms with Gasteiger partial charge in [-0.25, -0.2) is 4.79 Å². The molecule has 1 aliphatic carbocycles. The summed E-state index contributed by atoms with van der Waals surface area (Å²) >= 11 is 0. The molecule has 180 valence electrons. The fourth-order valence-corrected chi connectivity index (χ4v) is 4.60. The second-order valence-corrected chi connectivity index (χ2v) is 8.57. The van der Waals surface area contributed by atoms with E-state index in [9.17, 15) is 19.5 Å². The lowest BCUT2D eigenvalue weighted by atomic mass is 9.84. The van der Waals surface area contributed by atoms with Crippen molar-refractivity contribution < 1.29 is 24.2 Å². The van der Waals surface area contributed by atoms with Gasteiger partial charge in [-0.1, -0.05) is 39.5 Å². The monoisotopic (exact) mass is 441 g/mol. The van der Waals surface area contributed by atoms with E-state index in [1.165, 1.54) is 12.8 Å². The standard InChI is InChI=1S/C19H32N2O5.C4H11N/c1-4-8-14(19(25)26-5-2)20-12(3)17(22)21-15-10-7-6-9-13(15)11-16(21)18(23)24;1-2-3-4-5/h12-16,20H,4-11H2,1-3H3,(H,23,24);2-5H2,1H3/t12-,13?,14-,15?,16?;/m0./s1. The number of rotatable bonds is 10. The van der Waals surface area contributed by atoms with Crippen LogP contribution < -0.4 is 11.1 Å². The number of fused-ring (bicyclic) bond motifs is 1. The van der Waals surface area contributed by atoms with Gasteiger partial charge >= 0.3 is 11.9 Å². The van der Waals surface area contributed by atoms with E-state index in [1.807, 2.05) is 6.92 Å². The zero-order valence-electron chi connectivity index (χ0n) is 19.8. The van der Waals surface area contributed by atoms with E-state index in [-0.39, 0.29) is 23.8 Å². The van der Waals surface area contributed by atoms with Crippen LogP contribution in [-0.2, 0) is 19.1 Å². The average molecular weight is 442 g/mol. The minimum Gasteiger partial charge on any atom is -0.480 e. The maximum atomic E-state index is 13.1. The van der Waals surface area contributed by atoms with Crippen LogP contribution in [0.15, 0.2) is 0 Å².